The minimum atomic E-state index is 0. The van der Waals surface area contributed by atoms with Gasteiger partial charge in [-0.1, -0.05) is 13.8 Å². The molecule has 0 spiro atoms. The van der Waals surface area contributed by atoms with Crippen LogP contribution in [0.15, 0.2) is 0 Å². The van der Waals surface area contributed by atoms with Crippen LogP contribution < -0.4 is 10.6 Å². The number of hydrogen-bond acceptors (Lipinski definition) is 2. The van der Waals surface area contributed by atoms with E-state index in [4.69, 9.17) is 0 Å². The standard InChI is InChI=1S/C12H24N2O.ClH/c1-10(2)9-14-12(15)4-3-11-5-7-13-8-6-11;/h10-11,13H,3-9H2,1-2H3,(H,14,15);1H. The lowest BCUT2D eigenvalue weighted by atomic mass is 9.93. The normalized spacial score (nSPS) is 16.9. The van der Waals surface area contributed by atoms with E-state index < -0.39 is 0 Å². The molecule has 1 aliphatic rings. The van der Waals surface area contributed by atoms with Crippen molar-refractivity contribution in [3.8, 4) is 0 Å². The van der Waals surface area contributed by atoms with Crippen LogP contribution in [0.25, 0.3) is 0 Å². The Hall–Kier alpha value is -0.280. The van der Waals surface area contributed by atoms with Crippen molar-refractivity contribution in [3.63, 3.8) is 0 Å². The average molecular weight is 249 g/mol. The molecule has 0 unspecified atom stereocenters. The first-order chi connectivity index (χ1) is 7.18. The Labute approximate surface area is 105 Å². The number of nitrogens with one attached hydrogen (secondary N) is 2. The zero-order valence-corrected chi connectivity index (χ0v) is 11.2. The first kappa shape index (κ1) is 15.7. The van der Waals surface area contributed by atoms with Crippen molar-refractivity contribution in [2.45, 2.75) is 39.5 Å². The van der Waals surface area contributed by atoms with Crippen molar-refractivity contribution < 1.29 is 4.79 Å². The second-order valence-electron chi connectivity index (χ2n) is 4.93. The molecule has 1 saturated heterocycles. The monoisotopic (exact) mass is 248 g/mol. The van der Waals surface area contributed by atoms with Gasteiger partial charge in [-0.3, -0.25) is 4.79 Å². The third-order valence-electron chi connectivity index (χ3n) is 2.95. The van der Waals surface area contributed by atoms with Gasteiger partial charge < -0.3 is 10.6 Å². The molecule has 1 heterocycles. The molecule has 0 saturated carbocycles. The van der Waals surface area contributed by atoms with Gasteiger partial charge in [-0.05, 0) is 44.2 Å². The summed E-state index contributed by atoms with van der Waals surface area (Å²) in [6, 6.07) is 0. The van der Waals surface area contributed by atoms with E-state index in [2.05, 4.69) is 24.5 Å². The molecule has 16 heavy (non-hydrogen) atoms. The van der Waals surface area contributed by atoms with Gasteiger partial charge >= 0.3 is 0 Å². The zero-order valence-electron chi connectivity index (χ0n) is 10.4. The van der Waals surface area contributed by atoms with E-state index in [9.17, 15) is 4.79 Å². The summed E-state index contributed by atoms with van der Waals surface area (Å²) in [6.45, 7) is 7.29. The molecule has 1 fully saturated rings. The molecule has 2 N–H and O–H groups in total. The molecule has 1 rings (SSSR count). The highest BCUT2D eigenvalue weighted by molar-refractivity contribution is 5.85. The number of piperidine rings is 1. The predicted molar refractivity (Wildman–Crippen MR) is 69.9 cm³/mol. The quantitative estimate of drug-likeness (QED) is 0.781. The molecule has 4 heteroatoms. The first-order valence-corrected chi connectivity index (χ1v) is 6.16. The lowest BCUT2D eigenvalue weighted by molar-refractivity contribution is -0.121. The Bertz CT molecular complexity index is 191. The van der Waals surface area contributed by atoms with Crippen LogP contribution in [-0.2, 0) is 4.79 Å². The van der Waals surface area contributed by atoms with Crippen molar-refractivity contribution in [1.82, 2.24) is 10.6 Å². The van der Waals surface area contributed by atoms with Gasteiger partial charge in [0.1, 0.15) is 0 Å². The van der Waals surface area contributed by atoms with E-state index in [1.54, 1.807) is 0 Å². The Balaban J connectivity index is 0.00000225. The smallest absolute Gasteiger partial charge is 0.220 e. The summed E-state index contributed by atoms with van der Waals surface area (Å²) >= 11 is 0. The van der Waals surface area contributed by atoms with E-state index in [1.807, 2.05) is 0 Å². The SMILES string of the molecule is CC(C)CNC(=O)CCC1CCNCC1.Cl. The second-order valence-corrected chi connectivity index (χ2v) is 4.93. The summed E-state index contributed by atoms with van der Waals surface area (Å²) in [6.07, 6.45) is 4.23. The van der Waals surface area contributed by atoms with Gasteiger partial charge in [0.2, 0.25) is 5.91 Å². The van der Waals surface area contributed by atoms with Gasteiger partial charge in [0, 0.05) is 13.0 Å². The zero-order chi connectivity index (χ0) is 11.1. The fourth-order valence-electron chi connectivity index (χ4n) is 1.91. The van der Waals surface area contributed by atoms with Crippen molar-refractivity contribution in [3.05, 3.63) is 0 Å². The van der Waals surface area contributed by atoms with Crippen molar-refractivity contribution in [1.29, 1.82) is 0 Å². The summed E-state index contributed by atoms with van der Waals surface area (Å²) in [7, 11) is 0. The molecule has 1 amide bonds. The number of rotatable bonds is 5. The summed E-state index contributed by atoms with van der Waals surface area (Å²) in [5, 5.41) is 6.31. The first-order valence-electron chi connectivity index (χ1n) is 6.16. The Kier molecular flexibility index (Phi) is 8.67. The topological polar surface area (TPSA) is 41.1 Å². The predicted octanol–water partition coefficient (Wildman–Crippen LogP) is 1.96. The third-order valence-corrected chi connectivity index (χ3v) is 2.95. The number of carbonyl (C=O) groups is 1. The van der Waals surface area contributed by atoms with Crippen molar-refractivity contribution in [2.24, 2.45) is 11.8 Å². The van der Waals surface area contributed by atoms with Gasteiger partial charge in [0.25, 0.3) is 0 Å². The largest absolute Gasteiger partial charge is 0.356 e. The molecule has 0 aromatic heterocycles. The summed E-state index contributed by atoms with van der Waals surface area (Å²) in [5.74, 6) is 1.53. The molecule has 0 radical (unpaired) electrons. The van der Waals surface area contributed by atoms with Crippen LogP contribution >= 0.6 is 12.4 Å². The Morgan fingerprint density at radius 2 is 2.00 bits per heavy atom. The van der Waals surface area contributed by atoms with Crippen LogP contribution in [0, 0.1) is 11.8 Å². The highest BCUT2D eigenvalue weighted by Crippen LogP contribution is 2.17. The van der Waals surface area contributed by atoms with E-state index in [1.165, 1.54) is 12.8 Å². The van der Waals surface area contributed by atoms with E-state index in [-0.39, 0.29) is 18.3 Å². The molecule has 0 aliphatic carbocycles. The van der Waals surface area contributed by atoms with Gasteiger partial charge in [-0.15, -0.1) is 12.4 Å². The number of hydrogen-bond donors (Lipinski definition) is 2. The van der Waals surface area contributed by atoms with E-state index in [0.717, 1.165) is 32.0 Å². The molecule has 3 nitrogen and oxygen atoms in total. The maximum atomic E-state index is 11.5. The van der Waals surface area contributed by atoms with Crippen LogP contribution in [0.5, 0.6) is 0 Å². The average Bonchev–Trinajstić information content (AvgIpc) is 2.25. The van der Waals surface area contributed by atoms with Crippen LogP contribution in [0.2, 0.25) is 0 Å². The second kappa shape index (κ2) is 8.82. The molecule has 0 atom stereocenters. The van der Waals surface area contributed by atoms with Crippen molar-refractivity contribution in [2.75, 3.05) is 19.6 Å². The maximum absolute atomic E-state index is 11.5. The van der Waals surface area contributed by atoms with Crippen LogP contribution in [0.4, 0.5) is 0 Å². The Morgan fingerprint density at radius 1 is 1.38 bits per heavy atom. The van der Waals surface area contributed by atoms with Gasteiger partial charge in [0.05, 0.1) is 0 Å². The molecule has 0 aromatic carbocycles. The summed E-state index contributed by atoms with van der Waals surface area (Å²) in [4.78, 5) is 11.5. The summed E-state index contributed by atoms with van der Waals surface area (Å²) < 4.78 is 0. The van der Waals surface area contributed by atoms with Crippen LogP contribution in [0.3, 0.4) is 0 Å². The molecule has 96 valence electrons. The van der Waals surface area contributed by atoms with Crippen LogP contribution in [-0.4, -0.2) is 25.5 Å². The molecular formula is C12H25ClN2O. The minimum Gasteiger partial charge on any atom is -0.356 e. The lowest BCUT2D eigenvalue weighted by Crippen LogP contribution is -2.30. The van der Waals surface area contributed by atoms with Gasteiger partial charge in [0.15, 0.2) is 0 Å². The summed E-state index contributed by atoms with van der Waals surface area (Å²) in [5.41, 5.74) is 0. The number of amides is 1. The molecule has 0 aromatic rings. The lowest BCUT2D eigenvalue weighted by Gasteiger charge is -2.22. The molecular weight excluding hydrogens is 224 g/mol. The van der Waals surface area contributed by atoms with Gasteiger partial charge in [-0.25, -0.2) is 0 Å². The Morgan fingerprint density at radius 3 is 2.56 bits per heavy atom. The highest BCUT2D eigenvalue weighted by atomic mass is 35.5. The molecule has 0 bridgehead atoms. The number of halogens is 1. The minimum absolute atomic E-state index is 0. The highest BCUT2D eigenvalue weighted by Gasteiger charge is 2.14. The van der Waals surface area contributed by atoms with Crippen molar-refractivity contribution >= 4 is 18.3 Å². The fourth-order valence-corrected chi connectivity index (χ4v) is 1.91. The molecule has 1 aliphatic heterocycles. The maximum Gasteiger partial charge on any atom is 0.220 e. The van der Waals surface area contributed by atoms with Gasteiger partial charge in [-0.2, -0.15) is 0 Å². The van der Waals surface area contributed by atoms with E-state index >= 15 is 0 Å². The number of carbonyl (C=O) groups excluding carboxylic acids is 1. The van der Waals surface area contributed by atoms with E-state index in [0.29, 0.717) is 12.3 Å². The fraction of sp³-hybridized carbons (Fsp3) is 0.917. The third kappa shape index (κ3) is 7.07. The van der Waals surface area contributed by atoms with Crippen LogP contribution in [0.1, 0.15) is 39.5 Å².